The topological polar surface area (TPSA) is 41.9 Å². The number of thioether (sulfide) groups is 1. The number of carbonyl (C=O) groups is 1. The molecule has 0 N–H and O–H groups in total. The summed E-state index contributed by atoms with van der Waals surface area (Å²) >= 11 is 1.64. The van der Waals surface area contributed by atoms with Crippen molar-refractivity contribution >= 4 is 23.6 Å². The van der Waals surface area contributed by atoms with Crippen LogP contribution in [0, 0.1) is 5.92 Å². The van der Waals surface area contributed by atoms with Crippen LogP contribution in [0.25, 0.3) is 0 Å². The van der Waals surface area contributed by atoms with E-state index in [4.69, 9.17) is 4.74 Å². The van der Waals surface area contributed by atoms with Crippen LogP contribution in [0.2, 0.25) is 0 Å². The molecule has 1 aliphatic carbocycles. The van der Waals surface area contributed by atoms with E-state index in [1.54, 1.807) is 24.2 Å². The number of allylic oxidation sites excluding steroid dienone is 2. The van der Waals surface area contributed by atoms with Crippen LogP contribution in [0.3, 0.4) is 0 Å². The Morgan fingerprint density at radius 2 is 2.47 bits per heavy atom. The fourth-order valence-corrected chi connectivity index (χ4v) is 2.73. The van der Waals surface area contributed by atoms with Crippen molar-refractivity contribution in [3.63, 3.8) is 0 Å². The lowest BCUT2D eigenvalue weighted by molar-refractivity contribution is 0.0899. The summed E-state index contributed by atoms with van der Waals surface area (Å²) in [5.41, 5.74) is 0.970. The maximum absolute atomic E-state index is 11.8. The summed E-state index contributed by atoms with van der Waals surface area (Å²) in [6.45, 7) is 0.556. The van der Waals surface area contributed by atoms with E-state index < -0.39 is 0 Å². The molecule has 4 nitrogen and oxygen atoms in total. The molecule has 0 atom stereocenters. The molecule has 3 rings (SSSR count). The Bertz CT molecular complexity index is 424. The van der Waals surface area contributed by atoms with Gasteiger partial charge in [-0.05, 0) is 24.8 Å². The summed E-state index contributed by atoms with van der Waals surface area (Å²) in [5.74, 6) is 1.33. The molecule has 5 heteroatoms. The number of hydrogen-bond acceptors (Lipinski definition) is 4. The highest BCUT2D eigenvalue weighted by Gasteiger charge is 2.23. The lowest BCUT2D eigenvalue weighted by Gasteiger charge is -2.26. The summed E-state index contributed by atoms with van der Waals surface area (Å²) < 4.78 is 5.28. The zero-order valence-corrected chi connectivity index (χ0v) is 10.3. The molecular weight excluding hydrogens is 236 g/mol. The normalized spacial score (nSPS) is 22.7. The molecule has 0 saturated heterocycles. The van der Waals surface area contributed by atoms with E-state index in [0.29, 0.717) is 12.5 Å². The molecule has 0 unspecified atom stereocenters. The molecule has 1 saturated carbocycles. The van der Waals surface area contributed by atoms with Crippen molar-refractivity contribution in [1.29, 1.82) is 0 Å². The van der Waals surface area contributed by atoms with Gasteiger partial charge in [0.15, 0.2) is 0 Å². The van der Waals surface area contributed by atoms with E-state index in [0.717, 1.165) is 16.5 Å². The molecule has 0 bridgehead atoms. The number of aliphatic imine (C=N–C) groups is 1. The van der Waals surface area contributed by atoms with Gasteiger partial charge in [-0.1, -0.05) is 18.2 Å². The average molecular weight is 250 g/mol. The highest BCUT2D eigenvalue weighted by Crippen LogP contribution is 2.29. The van der Waals surface area contributed by atoms with Crippen molar-refractivity contribution in [3.05, 3.63) is 23.4 Å². The van der Waals surface area contributed by atoms with Crippen LogP contribution >= 0.6 is 11.8 Å². The van der Waals surface area contributed by atoms with Crippen molar-refractivity contribution in [2.45, 2.75) is 19.3 Å². The largest absolute Gasteiger partial charge is 0.449 e. The lowest BCUT2D eigenvalue weighted by atomic mass is 9.86. The van der Waals surface area contributed by atoms with E-state index in [2.05, 4.69) is 4.99 Å². The van der Waals surface area contributed by atoms with E-state index in [1.807, 2.05) is 6.08 Å². The number of nitrogens with zero attached hydrogens (tertiary/aromatic N) is 2. The van der Waals surface area contributed by atoms with E-state index in [-0.39, 0.29) is 6.09 Å². The van der Waals surface area contributed by atoms with Crippen molar-refractivity contribution in [2.75, 3.05) is 12.5 Å². The molecule has 1 fully saturated rings. The lowest BCUT2D eigenvalue weighted by Crippen LogP contribution is -2.28. The quantitative estimate of drug-likeness (QED) is 0.756. The third kappa shape index (κ3) is 2.24. The van der Waals surface area contributed by atoms with Gasteiger partial charge in [0.05, 0.1) is 23.1 Å². The third-order valence-corrected chi connectivity index (χ3v) is 4.12. The number of rotatable bonds is 2. The van der Waals surface area contributed by atoms with Crippen LogP contribution in [0.15, 0.2) is 28.4 Å². The van der Waals surface area contributed by atoms with Crippen LogP contribution in [0.1, 0.15) is 19.3 Å². The van der Waals surface area contributed by atoms with Crippen LogP contribution in [-0.4, -0.2) is 29.2 Å². The predicted molar refractivity (Wildman–Crippen MR) is 67.6 cm³/mol. The molecule has 2 aliphatic heterocycles. The van der Waals surface area contributed by atoms with Crippen molar-refractivity contribution in [1.82, 2.24) is 4.90 Å². The Morgan fingerprint density at radius 3 is 3.24 bits per heavy atom. The van der Waals surface area contributed by atoms with Gasteiger partial charge in [-0.3, -0.25) is 9.89 Å². The van der Waals surface area contributed by atoms with Crippen LogP contribution in [0.5, 0.6) is 0 Å². The van der Waals surface area contributed by atoms with E-state index in [9.17, 15) is 4.79 Å². The molecule has 0 aromatic carbocycles. The summed E-state index contributed by atoms with van der Waals surface area (Å²) in [6.07, 6.45) is 8.75. The first-order chi connectivity index (χ1) is 8.33. The van der Waals surface area contributed by atoms with Gasteiger partial charge in [0.2, 0.25) is 0 Å². The highest BCUT2D eigenvalue weighted by atomic mass is 32.2. The zero-order valence-electron chi connectivity index (χ0n) is 9.46. The van der Waals surface area contributed by atoms with Gasteiger partial charge in [-0.2, -0.15) is 0 Å². The van der Waals surface area contributed by atoms with Crippen molar-refractivity contribution in [3.8, 4) is 0 Å². The van der Waals surface area contributed by atoms with Gasteiger partial charge in [0.1, 0.15) is 0 Å². The Balaban J connectivity index is 1.57. The highest BCUT2D eigenvalue weighted by molar-refractivity contribution is 8.04. The summed E-state index contributed by atoms with van der Waals surface area (Å²) in [4.78, 5) is 18.6. The summed E-state index contributed by atoms with van der Waals surface area (Å²) in [5, 5.41) is 0. The molecule has 0 spiro atoms. The molecule has 2 heterocycles. The fourth-order valence-electron chi connectivity index (χ4n) is 1.92. The van der Waals surface area contributed by atoms with Crippen LogP contribution in [-0.2, 0) is 4.74 Å². The van der Waals surface area contributed by atoms with Gasteiger partial charge in [-0.15, -0.1) is 0 Å². The summed E-state index contributed by atoms with van der Waals surface area (Å²) in [6, 6.07) is 0. The smallest absolute Gasteiger partial charge is 0.417 e. The second-order valence-electron chi connectivity index (χ2n) is 4.41. The van der Waals surface area contributed by atoms with Crippen LogP contribution in [0.4, 0.5) is 4.79 Å². The maximum Gasteiger partial charge on any atom is 0.417 e. The van der Waals surface area contributed by atoms with Gasteiger partial charge in [0.25, 0.3) is 0 Å². The van der Waals surface area contributed by atoms with Gasteiger partial charge in [-0.25, -0.2) is 4.79 Å². The van der Waals surface area contributed by atoms with Gasteiger partial charge < -0.3 is 4.74 Å². The number of hydrogen-bond donors (Lipinski definition) is 0. The Kier molecular flexibility index (Phi) is 2.93. The Labute approximate surface area is 104 Å². The first kappa shape index (κ1) is 10.9. The Hall–Kier alpha value is -1.23. The molecule has 0 aromatic heterocycles. The molecule has 3 aliphatic rings. The molecule has 90 valence electrons. The molecular formula is C12H14N2O2S. The Morgan fingerprint density at radius 1 is 1.59 bits per heavy atom. The monoisotopic (exact) mass is 250 g/mol. The molecule has 17 heavy (non-hydrogen) atoms. The number of fused-ring (bicyclic) bond motifs is 1. The fraction of sp³-hybridized carbons (Fsp3) is 0.500. The first-order valence-corrected chi connectivity index (χ1v) is 6.84. The first-order valence-electron chi connectivity index (χ1n) is 5.85. The molecule has 0 radical (unpaired) electrons. The molecule has 0 aromatic rings. The maximum atomic E-state index is 11.8. The third-order valence-electron chi connectivity index (χ3n) is 3.23. The second-order valence-corrected chi connectivity index (χ2v) is 5.39. The number of carbonyl (C=O) groups excluding carboxylic acids is 1. The zero-order chi connectivity index (χ0) is 11.7. The average Bonchev–Trinajstić information content (AvgIpc) is 2.73. The van der Waals surface area contributed by atoms with Gasteiger partial charge in [0, 0.05) is 12.4 Å². The predicted octanol–water partition coefficient (Wildman–Crippen LogP) is 2.74. The van der Waals surface area contributed by atoms with E-state index in [1.165, 1.54) is 24.2 Å². The van der Waals surface area contributed by atoms with Crippen LogP contribution < -0.4 is 0 Å². The van der Waals surface area contributed by atoms with E-state index >= 15 is 0 Å². The molecule has 1 amide bonds. The SMILES string of the molecule is O=C(OCC1CCC1)N1C=CC2=NCSC2=C1. The minimum absolute atomic E-state index is 0.285. The number of ether oxygens (including phenoxy) is 1. The van der Waals surface area contributed by atoms with Gasteiger partial charge >= 0.3 is 6.09 Å². The number of amides is 1. The standard InChI is InChI=1S/C12H14N2O2S/c15-12(16-7-9-2-1-3-9)14-5-4-10-11(6-14)17-8-13-10/h4-6,9H,1-3,7-8H2. The summed E-state index contributed by atoms with van der Waals surface area (Å²) in [7, 11) is 0. The van der Waals surface area contributed by atoms with Crippen molar-refractivity contribution < 1.29 is 9.53 Å². The second kappa shape index (κ2) is 4.56. The van der Waals surface area contributed by atoms with Crippen molar-refractivity contribution in [2.24, 2.45) is 10.9 Å². The minimum Gasteiger partial charge on any atom is -0.449 e. The minimum atomic E-state index is -0.285.